The summed E-state index contributed by atoms with van der Waals surface area (Å²) >= 11 is 0. The molecule has 0 fully saturated rings. The van der Waals surface area contributed by atoms with E-state index in [0.29, 0.717) is 19.1 Å². The molecule has 2 aromatic rings. The molecule has 27 heavy (non-hydrogen) atoms. The van der Waals surface area contributed by atoms with Crippen LogP contribution in [-0.2, 0) is 11.3 Å². The summed E-state index contributed by atoms with van der Waals surface area (Å²) in [6.07, 6.45) is 2.94. The van der Waals surface area contributed by atoms with Gasteiger partial charge in [-0.2, -0.15) is 0 Å². The second-order valence-electron chi connectivity index (χ2n) is 6.53. The molecule has 0 spiro atoms. The molecule has 0 aliphatic heterocycles. The van der Waals surface area contributed by atoms with Crippen LogP contribution in [0.15, 0.2) is 41.5 Å². The molecular weight excluding hydrogens is 453 g/mol. The number of H-pyrrole nitrogens is 1. The highest BCUT2D eigenvalue weighted by Crippen LogP contribution is 2.16. The summed E-state index contributed by atoms with van der Waals surface area (Å²) in [4.78, 5) is 12.3. The van der Waals surface area contributed by atoms with Crippen molar-refractivity contribution in [3.05, 3.63) is 42.4 Å². The first-order valence-corrected chi connectivity index (χ1v) is 9.38. The maximum absolute atomic E-state index is 5.62. The Morgan fingerprint density at radius 1 is 1.19 bits per heavy atom. The Bertz CT molecular complexity index is 657. The van der Waals surface area contributed by atoms with Gasteiger partial charge >= 0.3 is 0 Å². The van der Waals surface area contributed by atoms with Gasteiger partial charge in [-0.25, -0.2) is 9.98 Å². The molecule has 0 aliphatic carbocycles. The van der Waals surface area contributed by atoms with Gasteiger partial charge in [-0.15, -0.1) is 24.0 Å². The van der Waals surface area contributed by atoms with Gasteiger partial charge in [0.15, 0.2) is 5.96 Å². The molecule has 0 amide bonds. The molecule has 7 heteroatoms. The van der Waals surface area contributed by atoms with Gasteiger partial charge < -0.3 is 20.4 Å². The van der Waals surface area contributed by atoms with Crippen molar-refractivity contribution in [3.63, 3.8) is 0 Å². The van der Waals surface area contributed by atoms with Crippen LogP contribution >= 0.6 is 24.0 Å². The lowest BCUT2D eigenvalue weighted by molar-refractivity contribution is 0.128. The highest BCUT2D eigenvalue weighted by atomic mass is 127. The molecule has 0 saturated carbocycles. The summed E-state index contributed by atoms with van der Waals surface area (Å²) in [7, 11) is 0. The standard InChI is InChI=1S/C20H31N5O.HI/c1-4-21-20(22-11-13-26-12-10-16(2)3)24-15-19-23-14-18(25-19)17-8-6-5-7-9-17;/h5-9,14,16H,4,10-13,15H2,1-3H3,(H,23,25)(H2,21,22,24);1H. The van der Waals surface area contributed by atoms with Crippen LogP contribution in [0.3, 0.4) is 0 Å². The predicted octanol–water partition coefficient (Wildman–Crippen LogP) is 3.81. The number of aliphatic imine (C=N–C) groups is 1. The second kappa shape index (κ2) is 13.5. The van der Waals surface area contributed by atoms with E-state index in [1.165, 1.54) is 0 Å². The number of nitrogens with zero attached hydrogens (tertiary/aromatic N) is 2. The van der Waals surface area contributed by atoms with Gasteiger partial charge in [0.1, 0.15) is 12.4 Å². The van der Waals surface area contributed by atoms with Crippen LogP contribution in [0.25, 0.3) is 11.3 Å². The fourth-order valence-electron chi connectivity index (χ4n) is 2.37. The average Bonchev–Trinajstić information content (AvgIpc) is 3.12. The molecule has 3 N–H and O–H groups in total. The van der Waals surface area contributed by atoms with Crippen molar-refractivity contribution in [2.45, 2.75) is 33.7 Å². The Morgan fingerprint density at radius 3 is 2.67 bits per heavy atom. The minimum absolute atomic E-state index is 0. The molecule has 0 radical (unpaired) electrons. The molecule has 0 bridgehead atoms. The number of ether oxygens (including phenoxy) is 1. The van der Waals surface area contributed by atoms with Gasteiger partial charge in [-0.3, -0.25) is 0 Å². The van der Waals surface area contributed by atoms with Crippen molar-refractivity contribution < 1.29 is 4.74 Å². The highest BCUT2D eigenvalue weighted by molar-refractivity contribution is 14.0. The van der Waals surface area contributed by atoms with Crippen LogP contribution in [0.5, 0.6) is 0 Å². The van der Waals surface area contributed by atoms with Gasteiger partial charge in [-0.1, -0.05) is 44.2 Å². The van der Waals surface area contributed by atoms with Gasteiger partial charge in [-0.05, 0) is 24.8 Å². The summed E-state index contributed by atoms with van der Waals surface area (Å²) < 4.78 is 5.62. The molecule has 0 unspecified atom stereocenters. The fraction of sp³-hybridized carbons (Fsp3) is 0.500. The van der Waals surface area contributed by atoms with E-state index >= 15 is 0 Å². The molecule has 6 nitrogen and oxygen atoms in total. The topological polar surface area (TPSA) is 74.3 Å². The number of aromatic nitrogens is 2. The normalized spacial score (nSPS) is 11.3. The number of guanidine groups is 1. The maximum atomic E-state index is 5.62. The number of nitrogens with one attached hydrogen (secondary N) is 3. The van der Waals surface area contributed by atoms with Crippen LogP contribution < -0.4 is 10.6 Å². The van der Waals surface area contributed by atoms with Crippen molar-refractivity contribution in [1.82, 2.24) is 20.6 Å². The first-order valence-electron chi connectivity index (χ1n) is 9.38. The number of rotatable bonds is 10. The molecule has 0 atom stereocenters. The first-order chi connectivity index (χ1) is 12.7. The van der Waals surface area contributed by atoms with Crippen LogP contribution in [-0.4, -0.2) is 42.2 Å². The smallest absolute Gasteiger partial charge is 0.191 e. The lowest BCUT2D eigenvalue weighted by Gasteiger charge is -2.11. The van der Waals surface area contributed by atoms with Gasteiger partial charge in [0.05, 0.1) is 18.5 Å². The predicted molar refractivity (Wildman–Crippen MR) is 123 cm³/mol. The molecule has 1 aromatic heterocycles. The van der Waals surface area contributed by atoms with E-state index in [1.54, 1.807) is 0 Å². The van der Waals surface area contributed by atoms with E-state index in [-0.39, 0.29) is 24.0 Å². The van der Waals surface area contributed by atoms with E-state index in [4.69, 9.17) is 4.74 Å². The Kier molecular flexibility index (Phi) is 11.8. The molecule has 1 heterocycles. The Morgan fingerprint density at radius 2 is 1.96 bits per heavy atom. The fourth-order valence-corrected chi connectivity index (χ4v) is 2.37. The Balaban J connectivity index is 0.00000364. The number of hydrogen-bond donors (Lipinski definition) is 3. The third-order valence-corrected chi connectivity index (χ3v) is 3.82. The minimum atomic E-state index is 0. The molecule has 2 rings (SSSR count). The number of benzene rings is 1. The summed E-state index contributed by atoms with van der Waals surface area (Å²) in [6.45, 7) is 9.99. The van der Waals surface area contributed by atoms with Crippen molar-refractivity contribution in [2.75, 3.05) is 26.3 Å². The van der Waals surface area contributed by atoms with Gasteiger partial charge in [0.25, 0.3) is 0 Å². The molecule has 1 aromatic carbocycles. The molecule has 0 saturated heterocycles. The summed E-state index contributed by atoms with van der Waals surface area (Å²) in [5.41, 5.74) is 2.13. The monoisotopic (exact) mass is 485 g/mol. The Hall–Kier alpha value is -1.61. The lowest BCUT2D eigenvalue weighted by atomic mass is 10.1. The minimum Gasteiger partial charge on any atom is -0.380 e. The van der Waals surface area contributed by atoms with Crippen molar-refractivity contribution in [1.29, 1.82) is 0 Å². The third-order valence-electron chi connectivity index (χ3n) is 3.82. The molecule has 0 aliphatic rings. The van der Waals surface area contributed by atoms with Crippen molar-refractivity contribution in [3.8, 4) is 11.3 Å². The van der Waals surface area contributed by atoms with E-state index in [0.717, 1.165) is 49.2 Å². The SMILES string of the molecule is CCNC(=NCc1ncc(-c2ccccc2)[nH]1)NCCOCCC(C)C.I. The number of halogens is 1. The van der Waals surface area contributed by atoms with Crippen molar-refractivity contribution >= 4 is 29.9 Å². The van der Waals surface area contributed by atoms with Crippen molar-refractivity contribution in [2.24, 2.45) is 10.9 Å². The van der Waals surface area contributed by atoms with E-state index < -0.39 is 0 Å². The van der Waals surface area contributed by atoms with Gasteiger partial charge in [0, 0.05) is 19.7 Å². The number of imidazole rings is 1. The van der Waals surface area contributed by atoms with Crippen LogP contribution in [0.2, 0.25) is 0 Å². The van der Waals surface area contributed by atoms with Crippen LogP contribution in [0, 0.1) is 5.92 Å². The average molecular weight is 485 g/mol. The van der Waals surface area contributed by atoms with E-state index in [2.05, 4.69) is 58.5 Å². The lowest BCUT2D eigenvalue weighted by Crippen LogP contribution is -2.39. The molecule has 150 valence electrons. The zero-order valence-corrected chi connectivity index (χ0v) is 18.8. The van der Waals surface area contributed by atoms with Crippen LogP contribution in [0.1, 0.15) is 33.0 Å². The maximum Gasteiger partial charge on any atom is 0.191 e. The first kappa shape index (κ1) is 23.4. The summed E-state index contributed by atoms with van der Waals surface area (Å²) in [5, 5.41) is 6.53. The summed E-state index contributed by atoms with van der Waals surface area (Å²) in [6, 6.07) is 10.2. The third kappa shape index (κ3) is 9.23. The summed E-state index contributed by atoms with van der Waals surface area (Å²) in [5.74, 6) is 2.29. The number of aromatic amines is 1. The van der Waals surface area contributed by atoms with Crippen LogP contribution in [0.4, 0.5) is 0 Å². The quantitative estimate of drug-likeness (QED) is 0.207. The van der Waals surface area contributed by atoms with E-state index in [1.807, 2.05) is 24.4 Å². The number of hydrogen-bond acceptors (Lipinski definition) is 3. The Labute approximate surface area is 179 Å². The van der Waals surface area contributed by atoms with Gasteiger partial charge in [0.2, 0.25) is 0 Å². The molecular formula is C20H32IN5O. The van der Waals surface area contributed by atoms with E-state index in [9.17, 15) is 0 Å². The zero-order chi connectivity index (χ0) is 18.6. The largest absolute Gasteiger partial charge is 0.380 e. The second-order valence-corrected chi connectivity index (χ2v) is 6.53. The zero-order valence-electron chi connectivity index (χ0n) is 16.5. The highest BCUT2D eigenvalue weighted by Gasteiger charge is 2.03.